The van der Waals surface area contributed by atoms with Crippen LogP contribution in [0, 0.1) is 0 Å². The molecule has 0 bridgehead atoms. The van der Waals surface area contributed by atoms with Crippen LogP contribution < -0.4 is 10.6 Å². The van der Waals surface area contributed by atoms with Crippen molar-refractivity contribution in [3.8, 4) is 11.1 Å². The topological polar surface area (TPSA) is 92.3 Å². The second kappa shape index (κ2) is 5.20. The van der Waals surface area contributed by atoms with E-state index in [1.165, 1.54) is 0 Å². The molecule has 0 fully saturated rings. The number of nitrogens with zero attached hydrogens (tertiary/aromatic N) is 3. The Morgan fingerprint density at radius 3 is 2.60 bits per heavy atom. The average Bonchev–Trinajstić information content (AvgIpc) is 2.75. The van der Waals surface area contributed by atoms with Gasteiger partial charge >= 0.3 is 6.16 Å². The van der Waals surface area contributed by atoms with Crippen LogP contribution in [0.3, 0.4) is 0 Å². The molecule has 7 nitrogen and oxygen atoms in total. The number of carbonyl (C=O) groups excluding carboxylic acids is 1. The number of anilines is 1. The molecule has 2 N–H and O–H groups in total. The van der Waals surface area contributed by atoms with E-state index in [1.807, 2.05) is 0 Å². The fourth-order valence-electron chi connectivity index (χ4n) is 1.42. The molecule has 2 heterocycles. The van der Waals surface area contributed by atoms with E-state index in [1.54, 1.807) is 51.5 Å². The van der Waals surface area contributed by atoms with Gasteiger partial charge in [0.25, 0.3) is 0 Å². The second-order valence-corrected chi connectivity index (χ2v) is 5.16. The van der Waals surface area contributed by atoms with E-state index in [-0.39, 0.29) is 0 Å². The average molecular weight is 276 g/mol. The number of hydrogen-bond acceptors (Lipinski definition) is 6. The highest BCUT2D eigenvalue weighted by Gasteiger charge is 2.18. The summed E-state index contributed by atoms with van der Waals surface area (Å²) in [5.74, 6) is 0.436. The van der Waals surface area contributed by atoms with Gasteiger partial charge in [-0.05, 0) is 32.9 Å². The first-order valence-corrected chi connectivity index (χ1v) is 6.01. The van der Waals surface area contributed by atoms with Crippen molar-refractivity contribution < 1.29 is 14.4 Å². The maximum absolute atomic E-state index is 11.5. The van der Waals surface area contributed by atoms with Gasteiger partial charge in [-0.25, -0.2) is 9.78 Å². The minimum absolute atomic E-state index is 0.436. The van der Waals surface area contributed by atoms with Crippen LogP contribution in [0.2, 0.25) is 0 Å². The monoisotopic (exact) mass is 276 g/mol. The standard InChI is InChI=1S/C13H16N4O3/c1-13(2,3)19-12(18)20-17-8-10(7-16-17)9-4-5-11(14)15-6-9/h4-8H,1-3H3,(H2,14,15). The van der Waals surface area contributed by atoms with Gasteiger partial charge in [0.1, 0.15) is 11.4 Å². The quantitative estimate of drug-likeness (QED) is 0.842. The number of nitrogens with two attached hydrogens (primary N) is 1. The lowest BCUT2D eigenvalue weighted by atomic mass is 10.2. The molecule has 106 valence electrons. The molecule has 0 aromatic carbocycles. The highest BCUT2D eigenvalue weighted by Crippen LogP contribution is 2.17. The van der Waals surface area contributed by atoms with Gasteiger partial charge in [0.05, 0.1) is 12.4 Å². The zero-order valence-corrected chi connectivity index (χ0v) is 11.5. The van der Waals surface area contributed by atoms with Gasteiger partial charge in [-0.3, -0.25) is 4.84 Å². The van der Waals surface area contributed by atoms with E-state index < -0.39 is 11.8 Å². The number of hydrogen-bond donors (Lipinski definition) is 1. The Kier molecular flexibility index (Phi) is 3.60. The SMILES string of the molecule is CC(C)(C)OC(=O)On1cc(-c2ccc(N)nc2)cn1. The molecule has 2 aromatic heterocycles. The molecule has 0 saturated carbocycles. The fourth-order valence-corrected chi connectivity index (χ4v) is 1.42. The maximum Gasteiger partial charge on any atom is 0.535 e. The Balaban J connectivity index is 2.06. The first kappa shape index (κ1) is 13.9. The van der Waals surface area contributed by atoms with E-state index in [9.17, 15) is 4.79 Å². The van der Waals surface area contributed by atoms with Crippen LogP contribution in [0.4, 0.5) is 10.6 Å². The third-order valence-corrected chi connectivity index (χ3v) is 2.24. The summed E-state index contributed by atoms with van der Waals surface area (Å²) in [5, 5.41) is 3.92. The molecule has 2 rings (SSSR count). The molecule has 0 radical (unpaired) electrons. The Bertz CT molecular complexity index is 599. The molecular weight excluding hydrogens is 260 g/mol. The summed E-state index contributed by atoms with van der Waals surface area (Å²) in [6.07, 6.45) is 3.90. The summed E-state index contributed by atoms with van der Waals surface area (Å²) < 4.78 is 5.02. The Morgan fingerprint density at radius 1 is 1.25 bits per heavy atom. The van der Waals surface area contributed by atoms with Gasteiger partial charge in [-0.2, -0.15) is 0 Å². The highest BCUT2D eigenvalue weighted by atomic mass is 16.8. The Labute approximate surface area is 116 Å². The zero-order valence-electron chi connectivity index (χ0n) is 11.5. The molecule has 0 saturated heterocycles. The van der Waals surface area contributed by atoms with Crippen molar-refractivity contribution in [3.63, 3.8) is 0 Å². The van der Waals surface area contributed by atoms with Gasteiger partial charge in [-0.15, -0.1) is 5.10 Å². The van der Waals surface area contributed by atoms with Crippen molar-refractivity contribution in [3.05, 3.63) is 30.7 Å². The van der Waals surface area contributed by atoms with E-state index >= 15 is 0 Å². The lowest BCUT2D eigenvalue weighted by Gasteiger charge is -2.17. The fraction of sp³-hybridized carbons (Fsp3) is 0.308. The second-order valence-electron chi connectivity index (χ2n) is 5.16. The zero-order chi connectivity index (χ0) is 14.8. The summed E-state index contributed by atoms with van der Waals surface area (Å²) in [5.41, 5.74) is 6.47. The van der Waals surface area contributed by atoms with Crippen molar-refractivity contribution in [1.82, 2.24) is 14.9 Å². The molecule has 0 spiro atoms. The molecule has 0 aliphatic carbocycles. The van der Waals surface area contributed by atoms with Gasteiger partial charge in [0.2, 0.25) is 0 Å². The summed E-state index contributed by atoms with van der Waals surface area (Å²) >= 11 is 0. The minimum Gasteiger partial charge on any atom is -0.427 e. The molecule has 0 unspecified atom stereocenters. The number of rotatable bonds is 2. The predicted molar refractivity (Wildman–Crippen MR) is 72.7 cm³/mol. The van der Waals surface area contributed by atoms with Crippen LogP contribution in [0.1, 0.15) is 20.8 Å². The Hall–Kier alpha value is -2.57. The molecule has 20 heavy (non-hydrogen) atoms. The van der Waals surface area contributed by atoms with Crippen LogP contribution in [-0.4, -0.2) is 26.7 Å². The number of ether oxygens (including phenoxy) is 1. The largest absolute Gasteiger partial charge is 0.535 e. The molecule has 0 aliphatic rings. The molecule has 2 aromatic rings. The van der Waals surface area contributed by atoms with Crippen LogP contribution in [0.15, 0.2) is 30.7 Å². The van der Waals surface area contributed by atoms with Gasteiger partial charge < -0.3 is 10.5 Å². The predicted octanol–water partition coefficient (Wildman–Crippen LogP) is 1.89. The first-order valence-electron chi connectivity index (χ1n) is 6.01. The molecule has 0 atom stereocenters. The minimum atomic E-state index is -0.817. The van der Waals surface area contributed by atoms with E-state index in [4.69, 9.17) is 15.3 Å². The van der Waals surface area contributed by atoms with Crippen molar-refractivity contribution in [2.75, 3.05) is 5.73 Å². The van der Waals surface area contributed by atoms with Crippen molar-refractivity contribution in [1.29, 1.82) is 0 Å². The van der Waals surface area contributed by atoms with Gasteiger partial charge in [0, 0.05) is 17.3 Å². The lowest BCUT2D eigenvalue weighted by molar-refractivity contribution is -0.0171. The summed E-state index contributed by atoms with van der Waals surface area (Å²) in [6, 6.07) is 3.48. The number of carbonyl (C=O) groups is 1. The lowest BCUT2D eigenvalue weighted by Crippen LogP contribution is -2.30. The van der Waals surface area contributed by atoms with Crippen LogP contribution in [0.25, 0.3) is 11.1 Å². The molecule has 0 amide bonds. The molecule has 0 aliphatic heterocycles. The first-order chi connectivity index (χ1) is 9.33. The smallest absolute Gasteiger partial charge is 0.427 e. The van der Waals surface area contributed by atoms with E-state index in [0.717, 1.165) is 16.0 Å². The van der Waals surface area contributed by atoms with Crippen molar-refractivity contribution in [2.24, 2.45) is 0 Å². The highest BCUT2D eigenvalue weighted by molar-refractivity contribution is 5.63. The van der Waals surface area contributed by atoms with E-state index in [0.29, 0.717) is 5.82 Å². The third-order valence-electron chi connectivity index (χ3n) is 2.24. The number of pyridine rings is 1. The van der Waals surface area contributed by atoms with Crippen molar-refractivity contribution >= 4 is 12.0 Å². The van der Waals surface area contributed by atoms with Crippen LogP contribution >= 0.6 is 0 Å². The molecule has 7 heteroatoms. The van der Waals surface area contributed by atoms with Crippen LogP contribution in [0.5, 0.6) is 0 Å². The van der Waals surface area contributed by atoms with Gasteiger partial charge in [0.15, 0.2) is 0 Å². The summed E-state index contributed by atoms with van der Waals surface area (Å²) in [4.78, 5) is 21.4. The van der Waals surface area contributed by atoms with Crippen LogP contribution in [-0.2, 0) is 4.74 Å². The third kappa shape index (κ3) is 3.71. The molecular formula is C13H16N4O3. The normalized spacial score (nSPS) is 11.2. The number of aromatic nitrogens is 3. The summed E-state index contributed by atoms with van der Waals surface area (Å²) in [6.45, 7) is 5.26. The Morgan fingerprint density at radius 2 is 2.00 bits per heavy atom. The maximum atomic E-state index is 11.5. The van der Waals surface area contributed by atoms with Crippen molar-refractivity contribution in [2.45, 2.75) is 26.4 Å². The number of nitrogen functional groups attached to an aromatic ring is 1. The summed E-state index contributed by atoms with van der Waals surface area (Å²) in [7, 11) is 0. The van der Waals surface area contributed by atoms with E-state index in [2.05, 4.69) is 10.1 Å². The van der Waals surface area contributed by atoms with Gasteiger partial charge in [-0.1, -0.05) is 4.85 Å².